The molecule has 0 aliphatic heterocycles. The molecule has 3 rings (SSSR count). The van der Waals surface area contributed by atoms with Crippen molar-refractivity contribution in [2.45, 2.75) is 82.7 Å². The van der Waals surface area contributed by atoms with Gasteiger partial charge in [0.05, 0.1) is 0 Å². The zero-order valence-electron chi connectivity index (χ0n) is 14.5. The Kier molecular flexibility index (Phi) is 4.95. The minimum absolute atomic E-state index is 0.421. The molecule has 0 aromatic carbocycles. The van der Waals surface area contributed by atoms with Crippen LogP contribution in [0.15, 0.2) is 0 Å². The number of rotatable bonds is 5. The summed E-state index contributed by atoms with van der Waals surface area (Å²) in [7, 11) is 4.60. The molecule has 3 aliphatic carbocycles. The zero-order chi connectivity index (χ0) is 14.9. The maximum absolute atomic E-state index is 4.00. The lowest BCUT2D eigenvalue weighted by Gasteiger charge is -2.46. The second-order valence-corrected chi connectivity index (χ2v) is 8.66. The molecular formula is C19H36N2. The molecule has 4 unspecified atom stereocenters. The van der Waals surface area contributed by atoms with Gasteiger partial charge in [0.25, 0.3) is 0 Å². The van der Waals surface area contributed by atoms with Gasteiger partial charge in [-0.3, -0.25) is 0 Å². The van der Waals surface area contributed by atoms with E-state index < -0.39 is 0 Å². The zero-order valence-corrected chi connectivity index (χ0v) is 14.5. The maximum atomic E-state index is 4.00. The van der Waals surface area contributed by atoms with E-state index in [0.717, 1.165) is 23.8 Å². The fourth-order valence-corrected chi connectivity index (χ4v) is 5.10. The van der Waals surface area contributed by atoms with E-state index in [-0.39, 0.29) is 0 Å². The smallest absolute Gasteiger partial charge is 0.0330 e. The minimum atomic E-state index is 0.421. The SMILES string of the molecule is CC1CCCC(CNC2CCCC(C3CC3)C2)(N(C)C)C1. The number of nitrogens with one attached hydrogen (secondary N) is 1. The molecule has 0 bridgehead atoms. The third-order valence-electron chi connectivity index (χ3n) is 6.74. The molecule has 3 fully saturated rings. The summed E-state index contributed by atoms with van der Waals surface area (Å²) in [5.74, 6) is 3.05. The van der Waals surface area contributed by atoms with Crippen molar-refractivity contribution in [1.82, 2.24) is 10.2 Å². The van der Waals surface area contributed by atoms with Crippen molar-refractivity contribution in [2.24, 2.45) is 17.8 Å². The fraction of sp³-hybridized carbons (Fsp3) is 1.00. The topological polar surface area (TPSA) is 15.3 Å². The summed E-state index contributed by atoms with van der Waals surface area (Å²) in [4.78, 5) is 2.52. The highest BCUT2D eigenvalue weighted by atomic mass is 15.2. The van der Waals surface area contributed by atoms with Crippen LogP contribution < -0.4 is 5.32 Å². The quantitative estimate of drug-likeness (QED) is 0.822. The molecule has 21 heavy (non-hydrogen) atoms. The van der Waals surface area contributed by atoms with E-state index in [0.29, 0.717) is 5.54 Å². The molecule has 2 heteroatoms. The second kappa shape index (κ2) is 6.58. The van der Waals surface area contributed by atoms with E-state index in [9.17, 15) is 0 Å². The second-order valence-electron chi connectivity index (χ2n) is 8.66. The van der Waals surface area contributed by atoms with E-state index in [1.54, 1.807) is 0 Å². The summed E-state index contributed by atoms with van der Waals surface area (Å²) in [6.45, 7) is 3.66. The van der Waals surface area contributed by atoms with E-state index in [4.69, 9.17) is 0 Å². The van der Waals surface area contributed by atoms with Crippen LogP contribution in [-0.2, 0) is 0 Å². The van der Waals surface area contributed by atoms with E-state index in [1.807, 2.05) is 0 Å². The monoisotopic (exact) mass is 292 g/mol. The van der Waals surface area contributed by atoms with Crippen LogP contribution >= 0.6 is 0 Å². The Hall–Kier alpha value is -0.0800. The molecule has 0 spiro atoms. The highest BCUT2D eigenvalue weighted by Crippen LogP contribution is 2.44. The molecule has 122 valence electrons. The molecule has 4 atom stereocenters. The lowest BCUT2D eigenvalue weighted by atomic mass is 9.75. The number of nitrogens with zero attached hydrogens (tertiary/aromatic N) is 1. The van der Waals surface area contributed by atoms with Gasteiger partial charge < -0.3 is 10.2 Å². The Bertz CT molecular complexity index is 336. The van der Waals surface area contributed by atoms with Crippen molar-refractivity contribution in [1.29, 1.82) is 0 Å². The standard InChI is InChI=1S/C19H36N2/c1-15-6-5-11-19(13-15,21(2)3)14-20-18-8-4-7-17(12-18)16-9-10-16/h15-18,20H,4-14H2,1-3H3. The Balaban J connectivity index is 1.53. The van der Waals surface area contributed by atoms with Gasteiger partial charge in [0.1, 0.15) is 0 Å². The van der Waals surface area contributed by atoms with Crippen molar-refractivity contribution in [3.8, 4) is 0 Å². The first kappa shape index (κ1) is 15.8. The number of hydrogen-bond donors (Lipinski definition) is 1. The first-order chi connectivity index (χ1) is 10.1. The van der Waals surface area contributed by atoms with Gasteiger partial charge in [0, 0.05) is 18.1 Å². The summed E-state index contributed by atoms with van der Waals surface area (Å²) >= 11 is 0. The fourth-order valence-electron chi connectivity index (χ4n) is 5.10. The van der Waals surface area contributed by atoms with Crippen molar-refractivity contribution >= 4 is 0 Å². The Morgan fingerprint density at radius 1 is 1.00 bits per heavy atom. The molecule has 0 amide bonds. The van der Waals surface area contributed by atoms with Crippen molar-refractivity contribution in [2.75, 3.05) is 20.6 Å². The minimum Gasteiger partial charge on any atom is -0.312 e. The van der Waals surface area contributed by atoms with E-state index in [1.165, 1.54) is 70.8 Å². The summed E-state index contributed by atoms with van der Waals surface area (Å²) in [6.07, 6.45) is 14.5. The molecule has 0 aromatic rings. The van der Waals surface area contributed by atoms with E-state index in [2.05, 4.69) is 31.2 Å². The van der Waals surface area contributed by atoms with Crippen molar-refractivity contribution in [3.05, 3.63) is 0 Å². The Labute approximate surface area is 132 Å². The first-order valence-electron chi connectivity index (χ1n) is 9.50. The lowest BCUT2D eigenvalue weighted by Crippen LogP contribution is -2.56. The largest absolute Gasteiger partial charge is 0.312 e. The van der Waals surface area contributed by atoms with Gasteiger partial charge in [0.2, 0.25) is 0 Å². The van der Waals surface area contributed by atoms with Crippen LogP contribution in [0.1, 0.15) is 71.1 Å². The van der Waals surface area contributed by atoms with Gasteiger partial charge in [-0.2, -0.15) is 0 Å². The molecule has 1 N–H and O–H groups in total. The van der Waals surface area contributed by atoms with Gasteiger partial charge in [-0.15, -0.1) is 0 Å². The molecule has 0 heterocycles. The molecular weight excluding hydrogens is 256 g/mol. The molecule has 2 nitrogen and oxygen atoms in total. The molecule has 0 aromatic heterocycles. The summed E-state index contributed by atoms with van der Waals surface area (Å²) in [5, 5.41) is 4.00. The third-order valence-corrected chi connectivity index (χ3v) is 6.74. The van der Waals surface area contributed by atoms with Gasteiger partial charge in [-0.1, -0.05) is 32.6 Å². The summed E-state index contributed by atoms with van der Waals surface area (Å²) < 4.78 is 0. The molecule has 3 saturated carbocycles. The molecule has 0 saturated heterocycles. The first-order valence-corrected chi connectivity index (χ1v) is 9.50. The van der Waals surface area contributed by atoms with Crippen LogP contribution in [0, 0.1) is 17.8 Å². The normalized spacial score (nSPS) is 41.4. The van der Waals surface area contributed by atoms with Crippen LogP contribution in [0.3, 0.4) is 0 Å². The van der Waals surface area contributed by atoms with Crippen LogP contribution in [0.25, 0.3) is 0 Å². The predicted molar refractivity (Wildman–Crippen MR) is 90.5 cm³/mol. The molecule has 0 radical (unpaired) electrons. The molecule has 3 aliphatic rings. The third kappa shape index (κ3) is 3.82. The Morgan fingerprint density at radius 3 is 2.48 bits per heavy atom. The maximum Gasteiger partial charge on any atom is 0.0330 e. The van der Waals surface area contributed by atoms with E-state index >= 15 is 0 Å². The summed E-state index contributed by atoms with van der Waals surface area (Å²) in [6, 6.07) is 0.804. The van der Waals surface area contributed by atoms with Gasteiger partial charge >= 0.3 is 0 Å². The number of hydrogen-bond acceptors (Lipinski definition) is 2. The van der Waals surface area contributed by atoms with Gasteiger partial charge in [-0.25, -0.2) is 0 Å². The van der Waals surface area contributed by atoms with Gasteiger partial charge in [-0.05, 0) is 70.4 Å². The van der Waals surface area contributed by atoms with Gasteiger partial charge in [0.15, 0.2) is 0 Å². The van der Waals surface area contributed by atoms with Crippen LogP contribution in [-0.4, -0.2) is 37.1 Å². The predicted octanol–water partition coefficient (Wildman–Crippen LogP) is 4.06. The van der Waals surface area contributed by atoms with Crippen LogP contribution in [0.5, 0.6) is 0 Å². The van der Waals surface area contributed by atoms with Crippen molar-refractivity contribution < 1.29 is 0 Å². The number of likely N-dealkylation sites (N-methyl/N-ethyl adjacent to an activating group) is 1. The van der Waals surface area contributed by atoms with Crippen molar-refractivity contribution in [3.63, 3.8) is 0 Å². The summed E-state index contributed by atoms with van der Waals surface area (Å²) in [5.41, 5.74) is 0.421. The van der Waals surface area contributed by atoms with Crippen LogP contribution in [0.2, 0.25) is 0 Å². The Morgan fingerprint density at radius 2 is 1.81 bits per heavy atom. The highest BCUT2D eigenvalue weighted by molar-refractivity contribution is 4.96. The lowest BCUT2D eigenvalue weighted by molar-refractivity contribution is 0.0689. The average molecular weight is 293 g/mol. The van der Waals surface area contributed by atoms with Crippen LogP contribution in [0.4, 0.5) is 0 Å². The highest BCUT2D eigenvalue weighted by Gasteiger charge is 2.39. The average Bonchev–Trinajstić information content (AvgIpc) is 3.30.